The number of hydrogen-bond acceptors (Lipinski definition) is 10. The zero-order valence-electron chi connectivity index (χ0n) is 34.1. The van der Waals surface area contributed by atoms with E-state index >= 15 is 0 Å². The van der Waals surface area contributed by atoms with Gasteiger partial charge in [0.15, 0.2) is 23.3 Å². The lowest BCUT2D eigenvalue weighted by Crippen LogP contribution is -2.64. The number of aromatic nitrogens is 2. The molecule has 0 atom stereocenters. The lowest BCUT2D eigenvalue weighted by Gasteiger charge is -2.33. The van der Waals surface area contributed by atoms with E-state index in [2.05, 4.69) is 116 Å². The molecule has 0 saturated carbocycles. The Morgan fingerprint density at radius 1 is 0.381 bits per heavy atom. The highest BCUT2D eigenvalue weighted by molar-refractivity contribution is 6.66. The van der Waals surface area contributed by atoms with E-state index < -0.39 is 8.88 Å². The van der Waals surface area contributed by atoms with E-state index in [1.807, 2.05) is 60.7 Å². The number of benzene rings is 6. The Bertz CT molecular complexity index is 3160. The van der Waals surface area contributed by atoms with Gasteiger partial charge in [-0.2, -0.15) is 0 Å². The molecule has 12 nitrogen and oxygen atoms in total. The van der Waals surface area contributed by atoms with E-state index in [4.69, 9.17) is 38.8 Å². The number of amidine groups is 4. The number of nitrogens with one attached hydrogen (secondary N) is 2. The van der Waals surface area contributed by atoms with E-state index in [-0.39, 0.29) is 13.2 Å². The molecule has 63 heavy (non-hydrogen) atoms. The molecule has 0 saturated heterocycles. The standard InChI is InChI=1S/C50H40N10O2Si/c1-3-15-33(16-4-1)31-51-27-29-61-63(62-30-28-52-32-34-17-5-2-6-18-34)59-47-39-23-11-12-24-40(39)49(59)57-45-37-21-9-10-22-38(37)46(54-45)58-50-42-26-14-13-25-41(42)48(60(50)63)56-44-36-20-8-7-19-35(36)43(53-44)55-47/h1-26,51-52H,27-32H2. The summed E-state index contributed by atoms with van der Waals surface area (Å²) in [5.74, 6) is 3.45. The molecule has 6 bridgehead atoms. The molecular formula is C50H40N10O2Si. The van der Waals surface area contributed by atoms with Gasteiger partial charge in [0, 0.05) is 70.0 Å². The monoisotopic (exact) mass is 840 g/mol. The molecule has 0 radical (unpaired) electrons. The minimum absolute atomic E-state index is 0.285. The van der Waals surface area contributed by atoms with Crippen molar-refractivity contribution in [3.8, 4) is 0 Å². The Kier molecular flexibility index (Phi) is 9.27. The SMILES string of the molecule is c1ccc(CNCCO[Si]2(OCCNCc3ccccc3)n3c4c5ccccc5c3N=C3N=C(N=c5c6ccccc6c(n52)=NC2=NC(=N4)c4ccccc42)c2ccccc23)cc1. The fourth-order valence-corrected chi connectivity index (χ4v) is 12.2. The van der Waals surface area contributed by atoms with Crippen LogP contribution in [0.2, 0.25) is 0 Å². The fourth-order valence-electron chi connectivity index (χ4n) is 8.90. The van der Waals surface area contributed by atoms with Crippen LogP contribution >= 0.6 is 0 Å². The van der Waals surface area contributed by atoms with Gasteiger partial charge >= 0.3 is 8.88 Å². The third-order valence-electron chi connectivity index (χ3n) is 11.8. The lowest BCUT2D eigenvalue weighted by atomic mass is 10.1. The van der Waals surface area contributed by atoms with Crippen LogP contribution in [0.4, 0.5) is 11.6 Å². The van der Waals surface area contributed by atoms with Crippen LogP contribution in [0.25, 0.3) is 21.5 Å². The maximum atomic E-state index is 7.62. The molecule has 0 unspecified atom stereocenters. The van der Waals surface area contributed by atoms with E-state index in [1.165, 1.54) is 11.1 Å². The third-order valence-corrected chi connectivity index (χ3v) is 14.9. The molecular weight excluding hydrogens is 801 g/mol. The molecule has 12 rings (SSSR count). The number of hydrogen-bond donors (Lipinski definition) is 2. The molecule has 0 spiro atoms. The van der Waals surface area contributed by atoms with Crippen molar-refractivity contribution in [3.63, 3.8) is 0 Å². The van der Waals surface area contributed by atoms with E-state index in [1.54, 1.807) is 0 Å². The first-order valence-corrected chi connectivity index (χ1v) is 23.0. The summed E-state index contributed by atoms with van der Waals surface area (Å²) in [7, 11) is -4.23. The van der Waals surface area contributed by atoms with Crippen molar-refractivity contribution >= 4 is 65.4 Å². The van der Waals surface area contributed by atoms with Crippen LogP contribution < -0.4 is 21.6 Å². The first-order valence-electron chi connectivity index (χ1n) is 21.3. The summed E-state index contributed by atoms with van der Waals surface area (Å²) >= 11 is 0. The Hall–Kier alpha value is -7.26. The summed E-state index contributed by atoms with van der Waals surface area (Å²) in [6.45, 7) is 2.99. The summed E-state index contributed by atoms with van der Waals surface area (Å²) in [5.41, 5.74) is 7.17. The molecule has 8 aromatic rings. The Labute approximate surface area is 363 Å². The minimum atomic E-state index is -4.23. The zero-order chi connectivity index (χ0) is 41.7. The summed E-state index contributed by atoms with van der Waals surface area (Å²) < 4.78 is 19.5. The van der Waals surface area contributed by atoms with Crippen molar-refractivity contribution < 1.29 is 8.85 Å². The van der Waals surface area contributed by atoms with Gasteiger partial charge in [-0.1, -0.05) is 158 Å². The highest BCUT2D eigenvalue weighted by Crippen LogP contribution is 2.43. The van der Waals surface area contributed by atoms with Gasteiger partial charge in [-0.25, -0.2) is 30.0 Å². The predicted octanol–water partition coefficient (Wildman–Crippen LogP) is 6.98. The normalized spacial score (nSPS) is 15.1. The maximum Gasteiger partial charge on any atom is 0.603 e. The summed E-state index contributed by atoms with van der Waals surface area (Å²) in [6.07, 6.45) is 0. The summed E-state index contributed by atoms with van der Waals surface area (Å²) in [6, 6.07) is 53.6. The topological polar surface area (TPSA) is 127 Å². The van der Waals surface area contributed by atoms with Crippen molar-refractivity contribution in [1.29, 1.82) is 0 Å². The van der Waals surface area contributed by atoms with Gasteiger partial charge in [0.25, 0.3) is 0 Å². The Morgan fingerprint density at radius 2 is 0.746 bits per heavy atom. The van der Waals surface area contributed by atoms with Gasteiger partial charge in [0.2, 0.25) is 0 Å². The summed E-state index contributed by atoms with van der Waals surface area (Å²) in [5, 5.41) is 10.8. The minimum Gasteiger partial charge on any atom is -0.360 e. The average Bonchev–Trinajstić information content (AvgIpc) is 4.05. The molecule has 6 aromatic carbocycles. The lowest BCUT2D eigenvalue weighted by molar-refractivity contribution is 0.149. The molecule has 6 heterocycles. The number of rotatable bonds is 12. The highest BCUT2D eigenvalue weighted by Gasteiger charge is 2.53. The molecule has 306 valence electrons. The van der Waals surface area contributed by atoms with Crippen LogP contribution in [0.1, 0.15) is 33.4 Å². The first-order chi connectivity index (χ1) is 31.2. The molecule has 13 heteroatoms. The smallest absolute Gasteiger partial charge is 0.360 e. The van der Waals surface area contributed by atoms with Gasteiger partial charge in [0.05, 0.1) is 13.2 Å². The average molecular weight is 841 g/mol. The second-order valence-electron chi connectivity index (χ2n) is 15.7. The van der Waals surface area contributed by atoms with Crippen LogP contribution in [0.15, 0.2) is 188 Å². The van der Waals surface area contributed by atoms with E-state index in [0.29, 0.717) is 72.1 Å². The fraction of sp³-hybridized carbons (Fsp3) is 0.120. The Balaban J connectivity index is 1.16. The predicted molar refractivity (Wildman–Crippen MR) is 249 cm³/mol. The van der Waals surface area contributed by atoms with E-state index in [0.717, 1.165) is 43.8 Å². The van der Waals surface area contributed by atoms with Crippen LogP contribution in [-0.4, -0.2) is 67.0 Å². The van der Waals surface area contributed by atoms with Crippen LogP contribution in [0.3, 0.4) is 0 Å². The molecule has 4 aliphatic heterocycles. The van der Waals surface area contributed by atoms with Gasteiger partial charge in [-0.3, -0.25) is 8.47 Å². The summed E-state index contributed by atoms with van der Waals surface area (Å²) in [4.78, 5) is 32.5. The molecule has 4 aliphatic rings. The van der Waals surface area contributed by atoms with Gasteiger partial charge in [-0.15, -0.1) is 0 Å². The van der Waals surface area contributed by atoms with Crippen molar-refractivity contribution in [2.45, 2.75) is 13.1 Å². The van der Waals surface area contributed by atoms with Crippen molar-refractivity contribution in [3.05, 3.63) is 202 Å². The highest BCUT2D eigenvalue weighted by atomic mass is 28.4. The van der Waals surface area contributed by atoms with Gasteiger partial charge in [0.1, 0.15) is 22.6 Å². The molecule has 0 aliphatic carbocycles. The van der Waals surface area contributed by atoms with Gasteiger partial charge in [-0.05, 0) is 11.1 Å². The largest absolute Gasteiger partial charge is 0.603 e. The van der Waals surface area contributed by atoms with E-state index in [9.17, 15) is 0 Å². The van der Waals surface area contributed by atoms with Crippen molar-refractivity contribution in [2.24, 2.45) is 30.0 Å². The molecule has 0 amide bonds. The second kappa shape index (κ2) is 15.6. The molecule has 2 aromatic heterocycles. The third kappa shape index (κ3) is 6.36. The quantitative estimate of drug-likeness (QED) is 0.102. The van der Waals surface area contributed by atoms with Crippen molar-refractivity contribution in [2.75, 3.05) is 26.3 Å². The molecule has 0 fully saturated rings. The number of fused-ring (bicyclic) bond motifs is 14. The van der Waals surface area contributed by atoms with Crippen LogP contribution in [0.5, 0.6) is 0 Å². The van der Waals surface area contributed by atoms with Gasteiger partial charge < -0.3 is 19.5 Å². The number of aliphatic imine (C=N–C) groups is 4. The second-order valence-corrected chi connectivity index (χ2v) is 18.3. The van der Waals surface area contributed by atoms with Crippen LogP contribution in [0, 0.1) is 0 Å². The zero-order valence-corrected chi connectivity index (χ0v) is 35.1. The molecule has 2 N–H and O–H groups in total. The Morgan fingerprint density at radius 3 is 1.17 bits per heavy atom. The van der Waals surface area contributed by atoms with Crippen LogP contribution in [-0.2, 0) is 21.9 Å². The first kappa shape index (κ1) is 37.5. The number of nitrogens with zero attached hydrogens (tertiary/aromatic N) is 8. The maximum absolute atomic E-state index is 7.62. The van der Waals surface area contributed by atoms with Crippen molar-refractivity contribution in [1.82, 2.24) is 19.1 Å².